The third-order valence-corrected chi connectivity index (χ3v) is 4.23. The number of nitrogens with zero attached hydrogens (tertiary/aromatic N) is 2. The predicted octanol–water partition coefficient (Wildman–Crippen LogP) is 3.73. The number of alkyl halides is 3. The first kappa shape index (κ1) is 18.1. The van der Waals surface area contributed by atoms with Crippen molar-refractivity contribution in [2.45, 2.75) is 31.6 Å². The molecule has 9 heteroatoms. The summed E-state index contributed by atoms with van der Waals surface area (Å²) < 4.78 is 51.6. The lowest BCUT2D eigenvalue weighted by atomic mass is 9.96. The monoisotopic (exact) mass is 369 g/mol. The number of hydrogen-bond acceptors (Lipinski definition) is 5. The summed E-state index contributed by atoms with van der Waals surface area (Å²) in [5.74, 6) is -0.170. The fraction of sp³-hybridized carbons (Fsp3) is 0.412. The summed E-state index contributed by atoms with van der Waals surface area (Å²) in [6.07, 6.45) is -3.66. The summed E-state index contributed by atoms with van der Waals surface area (Å²) in [5, 5.41) is 6.78. The number of carbonyl (C=O) groups is 1. The van der Waals surface area contributed by atoms with Crippen LogP contribution in [0, 0.1) is 0 Å². The molecule has 0 saturated carbocycles. The molecule has 2 atom stereocenters. The lowest BCUT2D eigenvalue weighted by Crippen LogP contribution is -2.36. The third-order valence-electron chi connectivity index (χ3n) is 4.23. The Bertz CT molecular complexity index is 804. The minimum atomic E-state index is -4.51. The average Bonchev–Trinajstić information content (AvgIpc) is 3.04. The Morgan fingerprint density at radius 1 is 1.42 bits per heavy atom. The first-order chi connectivity index (χ1) is 12.3. The maximum atomic E-state index is 13.6. The second-order valence-corrected chi connectivity index (χ2v) is 5.84. The van der Waals surface area contributed by atoms with Gasteiger partial charge in [-0.15, -0.1) is 0 Å². The largest absolute Gasteiger partial charge is 0.497 e. The van der Waals surface area contributed by atoms with Crippen molar-refractivity contribution in [3.8, 4) is 5.75 Å². The first-order valence-corrected chi connectivity index (χ1v) is 8.07. The molecule has 3 rings (SSSR count). The topological polar surface area (TPSA) is 65.4 Å². The van der Waals surface area contributed by atoms with Crippen LogP contribution in [0.5, 0.6) is 5.75 Å². The number of halogens is 3. The van der Waals surface area contributed by atoms with Crippen molar-refractivity contribution in [2.24, 2.45) is 0 Å². The Hall–Kier alpha value is -2.71. The molecular formula is C17H18F3N3O3. The van der Waals surface area contributed by atoms with Gasteiger partial charge in [-0.3, -0.25) is 0 Å². The van der Waals surface area contributed by atoms with Crippen LogP contribution in [-0.4, -0.2) is 35.6 Å². The molecule has 0 bridgehead atoms. The van der Waals surface area contributed by atoms with Crippen molar-refractivity contribution in [3.05, 3.63) is 41.6 Å². The molecule has 2 heterocycles. The fourth-order valence-electron chi connectivity index (χ4n) is 3.00. The molecule has 1 aliphatic heterocycles. The van der Waals surface area contributed by atoms with E-state index in [1.54, 1.807) is 31.2 Å². The molecule has 6 nitrogen and oxygen atoms in total. The van der Waals surface area contributed by atoms with E-state index < -0.39 is 24.2 Å². The van der Waals surface area contributed by atoms with Crippen LogP contribution in [0.25, 0.3) is 0 Å². The number of nitrogens with one attached hydrogen (secondary N) is 1. The van der Waals surface area contributed by atoms with Gasteiger partial charge in [-0.25, -0.2) is 9.48 Å². The Labute approximate surface area is 147 Å². The van der Waals surface area contributed by atoms with E-state index in [1.165, 1.54) is 7.11 Å². The average molecular weight is 369 g/mol. The maximum absolute atomic E-state index is 13.6. The Balaban J connectivity index is 2.03. The second-order valence-electron chi connectivity index (χ2n) is 5.84. The molecule has 2 aromatic rings. The van der Waals surface area contributed by atoms with Gasteiger partial charge < -0.3 is 14.8 Å². The molecule has 0 aliphatic carbocycles. The lowest BCUT2D eigenvalue weighted by Gasteiger charge is -2.34. The van der Waals surface area contributed by atoms with Crippen molar-refractivity contribution in [2.75, 3.05) is 19.0 Å². The number of ether oxygens (including phenoxy) is 2. The van der Waals surface area contributed by atoms with Crippen LogP contribution >= 0.6 is 0 Å². The summed E-state index contributed by atoms with van der Waals surface area (Å²) in [6.45, 7) is 1.74. The number of carbonyl (C=O) groups excluding carboxylic acids is 1. The second kappa shape index (κ2) is 6.89. The van der Waals surface area contributed by atoms with Crippen molar-refractivity contribution in [3.63, 3.8) is 0 Å². The van der Waals surface area contributed by atoms with Crippen LogP contribution < -0.4 is 10.1 Å². The van der Waals surface area contributed by atoms with Gasteiger partial charge in [-0.05, 0) is 24.6 Å². The highest BCUT2D eigenvalue weighted by Gasteiger charge is 2.47. The van der Waals surface area contributed by atoms with E-state index in [0.29, 0.717) is 11.3 Å². The van der Waals surface area contributed by atoms with Gasteiger partial charge in [0, 0.05) is 6.42 Å². The van der Waals surface area contributed by atoms with E-state index in [1.807, 2.05) is 0 Å². The number of rotatable bonds is 4. The zero-order valence-electron chi connectivity index (χ0n) is 14.2. The van der Waals surface area contributed by atoms with E-state index in [9.17, 15) is 18.0 Å². The molecule has 0 saturated heterocycles. The van der Waals surface area contributed by atoms with Crippen molar-refractivity contribution in [1.82, 2.24) is 9.78 Å². The number of esters is 1. The van der Waals surface area contributed by atoms with Crippen LogP contribution in [0.15, 0.2) is 30.5 Å². The van der Waals surface area contributed by atoms with E-state index in [-0.39, 0.29) is 24.4 Å². The molecule has 1 aromatic heterocycles. The molecule has 0 fully saturated rings. The van der Waals surface area contributed by atoms with Gasteiger partial charge in [0.05, 0.1) is 26.0 Å². The van der Waals surface area contributed by atoms with Gasteiger partial charge in [0.25, 0.3) is 0 Å². The smallest absolute Gasteiger partial charge is 0.410 e. The van der Waals surface area contributed by atoms with Crippen molar-refractivity contribution >= 4 is 11.8 Å². The summed E-state index contributed by atoms with van der Waals surface area (Å²) in [5.41, 5.74) is 0.606. The van der Waals surface area contributed by atoms with E-state index in [4.69, 9.17) is 9.47 Å². The van der Waals surface area contributed by atoms with Crippen LogP contribution in [0.3, 0.4) is 0 Å². The number of anilines is 1. The van der Waals surface area contributed by atoms with Gasteiger partial charge in [0.1, 0.15) is 17.1 Å². The number of benzene rings is 1. The number of methoxy groups -OCH3 is 1. The summed E-state index contributed by atoms with van der Waals surface area (Å²) in [7, 11) is 1.49. The quantitative estimate of drug-likeness (QED) is 0.832. The minimum absolute atomic E-state index is 0.00449. The van der Waals surface area contributed by atoms with Gasteiger partial charge in [-0.2, -0.15) is 18.3 Å². The molecule has 26 heavy (non-hydrogen) atoms. The zero-order valence-corrected chi connectivity index (χ0v) is 14.2. The van der Waals surface area contributed by atoms with Gasteiger partial charge >= 0.3 is 12.1 Å². The van der Waals surface area contributed by atoms with Crippen LogP contribution in [0.1, 0.15) is 41.3 Å². The Kier molecular flexibility index (Phi) is 4.80. The summed E-state index contributed by atoms with van der Waals surface area (Å²) >= 11 is 0. The molecular weight excluding hydrogens is 351 g/mol. The SMILES string of the molecule is CCOC(=O)c1cnn2c1N[C@@H](c1cccc(OC)c1)C[C@@H]2C(F)(F)F. The molecule has 0 spiro atoms. The van der Waals surface area contributed by atoms with E-state index in [0.717, 1.165) is 10.9 Å². The highest BCUT2D eigenvalue weighted by Crippen LogP contribution is 2.44. The van der Waals surface area contributed by atoms with Gasteiger partial charge in [0.15, 0.2) is 6.04 Å². The highest BCUT2D eigenvalue weighted by atomic mass is 19.4. The van der Waals surface area contributed by atoms with Crippen LogP contribution in [0.4, 0.5) is 19.0 Å². The lowest BCUT2D eigenvalue weighted by molar-refractivity contribution is -0.173. The Morgan fingerprint density at radius 3 is 2.85 bits per heavy atom. The van der Waals surface area contributed by atoms with Crippen molar-refractivity contribution in [1.29, 1.82) is 0 Å². The molecule has 0 radical (unpaired) electrons. The molecule has 1 aromatic carbocycles. The predicted molar refractivity (Wildman–Crippen MR) is 87.3 cm³/mol. The fourth-order valence-corrected chi connectivity index (χ4v) is 3.00. The van der Waals surface area contributed by atoms with E-state index in [2.05, 4.69) is 10.4 Å². The standard InChI is InChI=1S/C17H18F3N3O3/c1-3-26-16(24)12-9-21-23-14(17(18,19)20)8-13(22-15(12)23)10-5-4-6-11(7-10)25-2/h4-7,9,13-14,22H,3,8H2,1-2H3/t13-,14-/m1/s1. The molecule has 0 unspecified atom stereocenters. The van der Waals surface area contributed by atoms with Gasteiger partial charge in [0.2, 0.25) is 0 Å². The van der Waals surface area contributed by atoms with E-state index >= 15 is 0 Å². The van der Waals surface area contributed by atoms with Crippen LogP contribution in [0.2, 0.25) is 0 Å². The molecule has 1 aliphatic rings. The Morgan fingerprint density at radius 2 is 2.19 bits per heavy atom. The number of hydrogen-bond donors (Lipinski definition) is 1. The first-order valence-electron chi connectivity index (χ1n) is 8.07. The summed E-state index contributed by atoms with van der Waals surface area (Å²) in [4.78, 5) is 12.1. The number of aromatic nitrogens is 2. The molecule has 0 amide bonds. The highest BCUT2D eigenvalue weighted by molar-refractivity contribution is 5.94. The zero-order chi connectivity index (χ0) is 18.9. The molecule has 140 valence electrons. The third kappa shape index (κ3) is 3.33. The minimum Gasteiger partial charge on any atom is -0.497 e. The van der Waals surface area contributed by atoms with Crippen molar-refractivity contribution < 1.29 is 27.4 Å². The van der Waals surface area contributed by atoms with Gasteiger partial charge in [-0.1, -0.05) is 12.1 Å². The normalized spacial score (nSPS) is 19.4. The van der Waals surface area contributed by atoms with Crippen LogP contribution in [-0.2, 0) is 4.74 Å². The molecule has 1 N–H and O–H groups in total. The summed E-state index contributed by atoms with van der Waals surface area (Å²) in [6, 6.07) is 4.29. The number of fused-ring (bicyclic) bond motifs is 1. The maximum Gasteiger partial charge on any atom is 0.410 e.